The van der Waals surface area contributed by atoms with E-state index in [1.54, 1.807) is 54.6 Å². The van der Waals surface area contributed by atoms with Gasteiger partial charge in [0.15, 0.2) is 24.8 Å². The Morgan fingerprint density at radius 3 is 1.54 bits per heavy atom. The molecule has 0 amide bonds. The lowest BCUT2D eigenvalue weighted by molar-refractivity contribution is -0.350. The molecule has 4 aromatic rings. The van der Waals surface area contributed by atoms with Crippen molar-refractivity contribution in [1.29, 1.82) is 0 Å². The third-order valence-electron chi connectivity index (χ3n) is 9.96. The topological polar surface area (TPSA) is 216 Å². The second-order valence-electron chi connectivity index (χ2n) is 14.6. The standard InChI is InChI=1S/C45H51NO16S/c1-29(47)46-36-38(37(54-24-31-16-8-4-9-17-31)35(28-58-63(50,51)52)60-44(36)57-27-34-22-14-7-15-23-34)61-45-42(59-30(2)48)40(56-26-33-20-12-6-13-21-33)39(41(62-45)43(49)53-3)55-25-32-18-10-5-11-19-32/h4-23,35-42,44-45H,24-28H2,1-3H3,(H,46,47)(H,50,51,52)/p-1/t35-,36-,37-,38-,39+,40+,41+,42-,44-,45-/m1/s1. The van der Waals surface area contributed by atoms with Crippen LogP contribution in [0.3, 0.4) is 0 Å². The summed E-state index contributed by atoms with van der Waals surface area (Å²) in [5.74, 6) is -2.33. The number of ether oxygens (including phenoxy) is 9. The summed E-state index contributed by atoms with van der Waals surface area (Å²) < 4.78 is 94.7. The van der Waals surface area contributed by atoms with Crippen molar-refractivity contribution < 1.29 is 74.5 Å². The summed E-state index contributed by atoms with van der Waals surface area (Å²) in [6.07, 6.45) is -13.0. The number of esters is 2. The van der Waals surface area contributed by atoms with Gasteiger partial charge in [-0.1, -0.05) is 121 Å². The highest BCUT2D eigenvalue weighted by Crippen LogP contribution is 2.37. The minimum absolute atomic E-state index is 0.0172. The van der Waals surface area contributed by atoms with E-state index in [4.69, 9.17) is 46.8 Å². The SMILES string of the molecule is COC(=O)[C@H]1O[C@@H](O[C@@H]2[C@@H](N=C(C)[O-])[C@H](OCc3ccccc3)O[C@H](COS(=O)(=O)O)[C@H]2OCc2ccccc2)[C@H](OC(C)=O)[C@@H](OCc2ccccc2)[C@@H]1OCc1ccccc1. The lowest BCUT2D eigenvalue weighted by Gasteiger charge is -2.49. The first-order chi connectivity index (χ1) is 30.4. The van der Waals surface area contributed by atoms with E-state index in [1.807, 2.05) is 66.7 Å². The fourth-order valence-electron chi connectivity index (χ4n) is 7.14. The first-order valence-electron chi connectivity index (χ1n) is 20.0. The van der Waals surface area contributed by atoms with Crippen molar-refractivity contribution >= 4 is 28.2 Å². The van der Waals surface area contributed by atoms with Crippen molar-refractivity contribution in [3.05, 3.63) is 144 Å². The molecule has 2 saturated heterocycles. The lowest BCUT2D eigenvalue weighted by atomic mass is 9.94. The number of nitrogens with zero attached hydrogens (tertiary/aromatic N) is 1. The van der Waals surface area contributed by atoms with Gasteiger partial charge in [-0.15, -0.1) is 0 Å². The van der Waals surface area contributed by atoms with Crippen molar-refractivity contribution in [2.75, 3.05) is 13.7 Å². The molecule has 2 aliphatic heterocycles. The Morgan fingerprint density at radius 1 is 0.635 bits per heavy atom. The number of carbonyl (C=O) groups excluding carboxylic acids is 2. The van der Waals surface area contributed by atoms with Gasteiger partial charge in [0.1, 0.15) is 36.6 Å². The number of methoxy groups -OCH3 is 1. The molecule has 2 heterocycles. The number of benzene rings is 4. The molecule has 338 valence electrons. The van der Waals surface area contributed by atoms with E-state index in [0.717, 1.165) is 18.2 Å². The largest absolute Gasteiger partial charge is 0.862 e. The summed E-state index contributed by atoms with van der Waals surface area (Å²) in [4.78, 5) is 31.1. The van der Waals surface area contributed by atoms with Gasteiger partial charge in [0, 0.05) is 6.92 Å². The Morgan fingerprint density at radius 2 is 1.10 bits per heavy atom. The summed E-state index contributed by atoms with van der Waals surface area (Å²) in [5, 5.41) is 13.0. The van der Waals surface area contributed by atoms with Crippen LogP contribution in [0.25, 0.3) is 0 Å². The molecule has 0 bridgehead atoms. The molecule has 0 aliphatic carbocycles. The highest BCUT2D eigenvalue weighted by atomic mass is 32.3. The smallest absolute Gasteiger partial charge is 0.397 e. The zero-order valence-corrected chi connectivity index (χ0v) is 35.6. The van der Waals surface area contributed by atoms with E-state index in [9.17, 15) is 27.7 Å². The van der Waals surface area contributed by atoms with E-state index in [-0.39, 0.29) is 26.4 Å². The van der Waals surface area contributed by atoms with Gasteiger partial charge >= 0.3 is 22.3 Å². The van der Waals surface area contributed by atoms with Gasteiger partial charge in [0.25, 0.3) is 0 Å². The van der Waals surface area contributed by atoms with E-state index in [1.165, 1.54) is 13.8 Å². The van der Waals surface area contributed by atoms with E-state index in [2.05, 4.69) is 4.99 Å². The lowest BCUT2D eigenvalue weighted by Crippen LogP contribution is -2.66. The van der Waals surface area contributed by atoms with Crippen molar-refractivity contribution in [1.82, 2.24) is 0 Å². The van der Waals surface area contributed by atoms with Crippen LogP contribution in [0.15, 0.2) is 126 Å². The first-order valence-corrected chi connectivity index (χ1v) is 21.4. The van der Waals surface area contributed by atoms with Crippen LogP contribution in [0, 0.1) is 0 Å². The van der Waals surface area contributed by atoms with Gasteiger partial charge in [-0.2, -0.15) is 8.42 Å². The van der Waals surface area contributed by atoms with Crippen LogP contribution >= 0.6 is 0 Å². The molecule has 18 heteroatoms. The molecule has 0 unspecified atom stereocenters. The summed E-state index contributed by atoms with van der Waals surface area (Å²) in [6, 6.07) is 34.7. The quantitative estimate of drug-likeness (QED) is 0.0577. The fraction of sp³-hybridized carbons (Fsp3) is 0.400. The highest BCUT2D eigenvalue weighted by molar-refractivity contribution is 7.80. The van der Waals surface area contributed by atoms with Crippen LogP contribution in [0.5, 0.6) is 0 Å². The molecule has 1 N–H and O–H groups in total. The van der Waals surface area contributed by atoms with Gasteiger partial charge < -0.3 is 47.7 Å². The van der Waals surface area contributed by atoms with Crippen molar-refractivity contribution in [3.8, 4) is 0 Å². The monoisotopic (exact) mass is 892 g/mol. The predicted molar refractivity (Wildman–Crippen MR) is 220 cm³/mol. The third kappa shape index (κ3) is 13.9. The van der Waals surface area contributed by atoms with Gasteiger partial charge in [-0.25, -0.2) is 8.98 Å². The maximum atomic E-state index is 13.7. The number of aliphatic imine (C=N–C) groups is 1. The maximum Gasteiger partial charge on any atom is 0.397 e. The van der Waals surface area contributed by atoms with Gasteiger partial charge in [0.2, 0.25) is 0 Å². The predicted octanol–water partition coefficient (Wildman–Crippen LogP) is 3.87. The minimum atomic E-state index is -5.03. The van der Waals surface area contributed by atoms with Crippen LogP contribution < -0.4 is 5.11 Å². The maximum absolute atomic E-state index is 13.7. The second kappa shape index (κ2) is 23.0. The van der Waals surface area contributed by atoms with Crippen LogP contribution in [-0.2, 0) is 93.2 Å². The molecular weight excluding hydrogens is 843 g/mol. The Hall–Kier alpha value is -5.12. The Balaban J connectivity index is 1.44. The van der Waals surface area contributed by atoms with Crippen LogP contribution in [0.4, 0.5) is 0 Å². The molecule has 63 heavy (non-hydrogen) atoms. The van der Waals surface area contributed by atoms with Gasteiger partial charge in [-0.3, -0.25) is 14.3 Å². The third-order valence-corrected chi connectivity index (χ3v) is 10.4. The summed E-state index contributed by atoms with van der Waals surface area (Å²) in [6.45, 7) is 1.31. The van der Waals surface area contributed by atoms with Crippen molar-refractivity contribution in [2.24, 2.45) is 4.99 Å². The Labute approximate surface area is 365 Å². The van der Waals surface area contributed by atoms with E-state index >= 15 is 0 Å². The molecular formula is C45H50NO16S-. The molecule has 0 aromatic heterocycles. The molecule has 0 spiro atoms. The summed E-state index contributed by atoms with van der Waals surface area (Å²) >= 11 is 0. The Kier molecular flexibility index (Phi) is 17.3. The average molecular weight is 893 g/mol. The average Bonchev–Trinajstić information content (AvgIpc) is 3.28. The van der Waals surface area contributed by atoms with Crippen LogP contribution in [-0.4, -0.2) is 106 Å². The molecule has 4 aromatic carbocycles. The normalized spacial score (nSPS) is 26.4. The summed E-state index contributed by atoms with van der Waals surface area (Å²) in [7, 11) is -3.87. The molecule has 0 saturated carbocycles. The molecule has 2 fully saturated rings. The minimum Gasteiger partial charge on any atom is -0.862 e. The second-order valence-corrected chi connectivity index (χ2v) is 15.7. The van der Waals surface area contributed by atoms with E-state index < -0.39 is 96.2 Å². The number of hydrogen-bond donors (Lipinski definition) is 1. The zero-order valence-electron chi connectivity index (χ0n) is 34.8. The van der Waals surface area contributed by atoms with E-state index in [0.29, 0.717) is 11.1 Å². The molecule has 17 nitrogen and oxygen atoms in total. The van der Waals surface area contributed by atoms with Crippen molar-refractivity contribution in [2.45, 2.75) is 102 Å². The molecule has 6 rings (SSSR count). The molecule has 0 radical (unpaired) electrons. The number of rotatable bonds is 20. The number of carbonyl (C=O) groups is 2. The van der Waals surface area contributed by atoms with Crippen molar-refractivity contribution in [3.63, 3.8) is 0 Å². The Bertz CT molecular complexity index is 2160. The highest BCUT2D eigenvalue weighted by Gasteiger charge is 2.56. The van der Waals surface area contributed by atoms with Crippen LogP contribution in [0.2, 0.25) is 0 Å². The fourth-order valence-corrected chi connectivity index (χ4v) is 7.45. The van der Waals surface area contributed by atoms with Gasteiger partial charge in [0.05, 0.1) is 40.1 Å². The van der Waals surface area contributed by atoms with Crippen LogP contribution in [0.1, 0.15) is 36.1 Å². The summed E-state index contributed by atoms with van der Waals surface area (Å²) in [5.41, 5.74) is 2.87. The van der Waals surface area contributed by atoms with Gasteiger partial charge in [-0.05, 0) is 35.1 Å². The molecule has 2 aliphatic rings. The number of hydrogen-bond acceptors (Lipinski definition) is 16. The zero-order chi connectivity index (χ0) is 44.8. The molecule has 10 atom stereocenters. The first kappa shape index (κ1) is 47.4.